The highest BCUT2D eigenvalue weighted by Crippen LogP contribution is 2.33. The minimum atomic E-state index is -4.34. The van der Waals surface area contributed by atoms with Crippen LogP contribution in [0.15, 0.2) is 65.4 Å². The first kappa shape index (κ1) is 23.4. The maximum Gasteiger partial charge on any atom is 0.416 e. The fourth-order valence-corrected chi connectivity index (χ4v) is 4.63. The average molecular weight is 477 g/mol. The van der Waals surface area contributed by atoms with E-state index in [0.29, 0.717) is 6.42 Å². The van der Waals surface area contributed by atoms with Gasteiger partial charge in [0.25, 0.3) is 0 Å². The number of benzene rings is 2. The Bertz CT molecular complexity index is 1000. The van der Waals surface area contributed by atoms with Crippen LogP contribution in [-0.4, -0.2) is 44.7 Å². The molecular weight excluding hydrogens is 449 g/mol. The van der Waals surface area contributed by atoms with Crippen LogP contribution < -0.4 is 14.4 Å². The summed E-state index contributed by atoms with van der Waals surface area (Å²) in [6.45, 7) is 4.37. The highest BCUT2D eigenvalue weighted by molar-refractivity contribution is 7.08. The molecule has 1 atom stereocenters. The molecule has 1 aliphatic rings. The van der Waals surface area contributed by atoms with Gasteiger partial charge in [-0.05, 0) is 41.3 Å². The van der Waals surface area contributed by atoms with E-state index in [-0.39, 0.29) is 6.10 Å². The van der Waals surface area contributed by atoms with Crippen LogP contribution in [0.4, 0.5) is 18.9 Å². The summed E-state index contributed by atoms with van der Waals surface area (Å²) >= 11 is 1.53. The van der Waals surface area contributed by atoms with Gasteiger partial charge in [-0.3, -0.25) is 4.90 Å². The summed E-state index contributed by atoms with van der Waals surface area (Å²) in [5.41, 5.74) is 1.21. The van der Waals surface area contributed by atoms with Crippen molar-refractivity contribution < 1.29 is 22.6 Å². The van der Waals surface area contributed by atoms with Crippen LogP contribution in [0.2, 0.25) is 0 Å². The van der Waals surface area contributed by atoms with Crippen molar-refractivity contribution in [1.82, 2.24) is 4.90 Å². The standard InChI is InChI=1S/C25H27F3N2O2S/c1-31-24-5-3-2-4-22(24)30-15-13-29(14-16-30)12-10-23(32-21-11-17-33-18-21)19-6-8-20(9-7-19)25(26,27)28/h2-9,11,17-18,23H,10,12-16H2,1H3. The fraction of sp³-hybridized carbons (Fsp3) is 0.360. The molecule has 0 radical (unpaired) electrons. The molecule has 4 nitrogen and oxygen atoms in total. The van der Waals surface area contributed by atoms with E-state index in [2.05, 4.69) is 15.9 Å². The number of ether oxygens (including phenoxy) is 2. The summed E-state index contributed by atoms with van der Waals surface area (Å²) < 4.78 is 50.6. The van der Waals surface area contributed by atoms with Crippen molar-refractivity contribution in [3.63, 3.8) is 0 Å². The summed E-state index contributed by atoms with van der Waals surface area (Å²) in [5, 5.41) is 3.83. The van der Waals surface area contributed by atoms with Gasteiger partial charge in [0.2, 0.25) is 0 Å². The number of alkyl halides is 3. The van der Waals surface area contributed by atoms with E-state index in [1.54, 1.807) is 7.11 Å². The van der Waals surface area contributed by atoms with Crippen LogP contribution >= 0.6 is 11.3 Å². The number of piperazine rings is 1. The maximum absolute atomic E-state index is 13.0. The van der Waals surface area contributed by atoms with E-state index in [9.17, 15) is 13.2 Å². The number of nitrogens with zero attached hydrogens (tertiary/aromatic N) is 2. The van der Waals surface area contributed by atoms with Gasteiger partial charge in [0.1, 0.15) is 17.6 Å². The van der Waals surface area contributed by atoms with Crippen molar-refractivity contribution >= 4 is 17.0 Å². The number of halogens is 3. The second kappa shape index (κ2) is 10.5. The zero-order chi connectivity index (χ0) is 23.3. The second-order valence-corrected chi connectivity index (χ2v) is 8.75. The van der Waals surface area contributed by atoms with Crippen molar-refractivity contribution in [3.05, 3.63) is 76.5 Å². The molecular formula is C25H27F3N2O2S. The van der Waals surface area contributed by atoms with E-state index in [0.717, 1.165) is 67.6 Å². The molecule has 1 fully saturated rings. The summed E-state index contributed by atoms with van der Waals surface area (Å²) in [6.07, 6.45) is -3.96. The molecule has 8 heteroatoms. The molecule has 0 spiro atoms. The Hall–Kier alpha value is -2.71. The first-order valence-corrected chi connectivity index (χ1v) is 11.8. The molecule has 0 aliphatic carbocycles. The van der Waals surface area contributed by atoms with Gasteiger partial charge in [-0.2, -0.15) is 13.2 Å². The second-order valence-electron chi connectivity index (χ2n) is 7.97. The Kier molecular flexibility index (Phi) is 7.45. The minimum Gasteiger partial charge on any atom is -0.495 e. The van der Waals surface area contributed by atoms with Gasteiger partial charge in [-0.25, -0.2) is 0 Å². The average Bonchev–Trinajstić information content (AvgIpc) is 3.35. The highest BCUT2D eigenvalue weighted by Gasteiger charge is 2.30. The van der Waals surface area contributed by atoms with E-state index in [1.165, 1.54) is 23.5 Å². The Morgan fingerprint density at radius 3 is 2.33 bits per heavy atom. The van der Waals surface area contributed by atoms with Crippen LogP contribution in [0.5, 0.6) is 11.5 Å². The normalized spacial score (nSPS) is 15.9. The van der Waals surface area contributed by atoms with Crippen LogP contribution in [0.3, 0.4) is 0 Å². The van der Waals surface area contributed by atoms with Crippen molar-refractivity contribution in [3.8, 4) is 11.5 Å². The molecule has 2 aromatic carbocycles. The van der Waals surface area contributed by atoms with E-state index < -0.39 is 11.7 Å². The molecule has 4 rings (SSSR count). The van der Waals surface area contributed by atoms with Gasteiger partial charge in [0.05, 0.1) is 18.4 Å². The van der Waals surface area contributed by atoms with Gasteiger partial charge >= 0.3 is 6.18 Å². The summed E-state index contributed by atoms with van der Waals surface area (Å²) in [6, 6.07) is 15.2. The van der Waals surface area contributed by atoms with Crippen LogP contribution in [-0.2, 0) is 6.18 Å². The third-order valence-corrected chi connectivity index (χ3v) is 6.55. The topological polar surface area (TPSA) is 24.9 Å². The summed E-state index contributed by atoms with van der Waals surface area (Å²) in [5.74, 6) is 1.61. The predicted molar refractivity (Wildman–Crippen MR) is 125 cm³/mol. The third kappa shape index (κ3) is 6.00. The Labute approximate surface area is 196 Å². The number of anilines is 1. The Morgan fingerprint density at radius 1 is 0.970 bits per heavy atom. The first-order valence-electron chi connectivity index (χ1n) is 10.9. The molecule has 0 bridgehead atoms. The number of thiophene rings is 1. The van der Waals surface area contributed by atoms with Gasteiger partial charge in [-0.15, -0.1) is 11.3 Å². The maximum atomic E-state index is 13.0. The highest BCUT2D eigenvalue weighted by atomic mass is 32.1. The molecule has 3 aromatic rings. The molecule has 1 aliphatic heterocycles. The zero-order valence-electron chi connectivity index (χ0n) is 18.4. The zero-order valence-corrected chi connectivity index (χ0v) is 19.2. The Morgan fingerprint density at radius 2 is 1.70 bits per heavy atom. The number of para-hydroxylation sites is 2. The molecule has 1 saturated heterocycles. The largest absolute Gasteiger partial charge is 0.495 e. The molecule has 1 aromatic heterocycles. The smallest absolute Gasteiger partial charge is 0.416 e. The number of methoxy groups -OCH3 is 1. The fourth-order valence-electron chi connectivity index (χ4n) is 4.07. The molecule has 0 N–H and O–H groups in total. The van der Waals surface area contributed by atoms with Crippen LogP contribution in [0.25, 0.3) is 0 Å². The van der Waals surface area contributed by atoms with Gasteiger partial charge in [-0.1, -0.05) is 24.3 Å². The summed E-state index contributed by atoms with van der Waals surface area (Å²) in [4.78, 5) is 4.70. The lowest BCUT2D eigenvalue weighted by Crippen LogP contribution is -2.47. The van der Waals surface area contributed by atoms with Gasteiger partial charge in [0, 0.05) is 44.5 Å². The first-order chi connectivity index (χ1) is 15.9. The lowest BCUT2D eigenvalue weighted by atomic mass is 10.0. The van der Waals surface area contributed by atoms with E-state index in [1.807, 2.05) is 35.0 Å². The number of rotatable bonds is 8. The minimum absolute atomic E-state index is 0.311. The van der Waals surface area contributed by atoms with Crippen molar-refractivity contribution in [2.75, 3.05) is 44.7 Å². The molecule has 1 unspecified atom stereocenters. The monoisotopic (exact) mass is 476 g/mol. The SMILES string of the molecule is COc1ccccc1N1CCN(CCC(Oc2ccsc2)c2ccc(C(F)(F)F)cc2)CC1. The molecule has 0 saturated carbocycles. The quantitative estimate of drug-likeness (QED) is 0.392. The third-order valence-electron chi connectivity index (χ3n) is 5.89. The summed E-state index contributed by atoms with van der Waals surface area (Å²) in [7, 11) is 1.68. The van der Waals surface area contributed by atoms with Gasteiger partial charge in [0.15, 0.2) is 0 Å². The molecule has 0 amide bonds. The lowest BCUT2D eigenvalue weighted by molar-refractivity contribution is -0.137. The Balaban J connectivity index is 1.38. The molecule has 33 heavy (non-hydrogen) atoms. The van der Waals surface area contributed by atoms with E-state index in [4.69, 9.17) is 9.47 Å². The van der Waals surface area contributed by atoms with E-state index >= 15 is 0 Å². The number of hydrogen-bond acceptors (Lipinski definition) is 5. The van der Waals surface area contributed by atoms with Crippen molar-refractivity contribution in [1.29, 1.82) is 0 Å². The predicted octanol–water partition coefficient (Wildman–Crippen LogP) is 6.11. The van der Waals surface area contributed by atoms with Crippen molar-refractivity contribution in [2.45, 2.75) is 18.7 Å². The molecule has 2 heterocycles. The molecule has 176 valence electrons. The van der Waals surface area contributed by atoms with Crippen LogP contribution in [0, 0.1) is 0 Å². The number of hydrogen-bond donors (Lipinski definition) is 0. The lowest BCUT2D eigenvalue weighted by Gasteiger charge is -2.37. The van der Waals surface area contributed by atoms with Crippen LogP contribution in [0.1, 0.15) is 23.7 Å². The van der Waals surface area contributed by atoms with Gasteiger partial charge < -0.3 is 14.4 Å². The van der Waals surface area contributed by atoms with Crippen molar-refractivity contribution in [2.24, 2.45) is 0 Å².